The number of aliphatic hydroxyl groups excluding tert-OH is 1. The Bertz CT molecular complexity index is 982. The molecule has 0 unspecified atom stereocenters. The summed E-state index contributed by atoms with van der Waals surface area (Å²) in [7, 11) is 1.47. The molecule has 1 saturated heterocycles. The highest BCUT2D eigenvalue weighted by atomic mass is 16.6. The number of hydrogen-bond acceptors (Lipinski definition) is 6. The lowest BCUT2D eigenvalue weighted by molar-refractivity contribution is -0.142. The van der Waals surface area contributed by atoms with Crippen molar-refractivity contribution in [3.8, 4) is 5.75 Å². The SMILES string of the molecule is COCC(=O)Nc1ccc2c(c1)[C@H]1C[C@H](CC(=O)N[C@@H](C)c3ccccc3)O[C@@H](CO)[C@H]1O2. The molecule has 1 fully saturated rings. The van der Waals surface area contributed by atoms with Crippen molar-refractivity contribution < 1.29 is 28.9 Å². The standard InChI is InChI=1S/C25H30N2O6/c1-15(16-6-4-3-5-7-16)26-23(29)12-18-11-20-19-10-17(27-24(30)14-31-2)8-9-21(19)33-25(20)22(13-28)32-18/h3-10,15,18,20,22,25,28H,11-14H2,1-2H3,(H,26,29)(H,27,30)/t15-,18+,20+,22-,25-/m0/s1. The third-order valence-electron chi connectivity index (χ3n) is 6.15. The second-order valence-electron chi connectivity index (χ2n) is 8.54. The molecular formula is C25H30N2O6. The second kappa shape index (κ2) is 10.3. The normalized spacial score (nSPS) is 24.2. The van der Waals surface area contributed by atoms with Gasteiger partial charge in [0.25, 0.3) is 0 Å². The van der Waals surface area contributed by atoms with Crippen LogP contribution in [-0.2, 0) is 19.1 Å². The molecule has 2 heterocycles. The number of hydrogen-bond donors (Lipinski definition) is 3. The number of carbonyl (C=O) groups is 2. The van der Waals surface area contributed by atoms with Gasteiger partial charge in [-0.05, 0) is 37.1 Å². The van der Waals surface area contributed by atoms with Gasteiger partial charge in [-0.3, -0.25) is 9.59 Å². The van der Waals surface area contributed by atoms with Gasteiger partial charge in [0.2, 0.25) is 11.8 Å². The zero-order valence-electron chi connectivity index (χ0n) is 18.8. The van der Waals surface area contributed by atoms with Gasteiger partial charge in [0.1, 0.15) is 24.6 Å². The average Bonchev–Trinajstić information content (AvgIpc) is 3.17. The Labute approximate surface area is 193 Å². The van der Waals surface area contributed by atoms with E-state index in [4.69, 9.17) is 14.2 Å². The molecule has 0 spiro atoms. The van der Waals surface area contributed by atoms with Gasteiger partial charge in [-0.15, -0.1) is 0 Å². The summed E-state index contributed by atoms with van der Waals surface area (Å²) in [6.07, 6.45) is -0.454. The molecule has 2 amide bonds. The first kappa shape index (κ1) is 23.2. The topological polar surface area (TPSA) is 106 Å². The Morgan fingerprint density at radius 1 is 1.18 bits per heavy atom. The van der Waals surface area contributed by atoms with Crippen molar-refractivity contribution in [3.05, 3.63) is 59.7 Å². The molecule has 0 saturated carbocycles. The lowest BCUT2D eigenvalue weighted by Crippen LogP contribution is -2.47. The molecule has 4 rings (SSSR count). The minimum atomic E-state index is -0.535. The molecule has 33 heavy (non-hydrogen) atoms. The van der Waals surface area contributed by atoms with Crippen LogP contribution in [0.4, 0.5) is 5.69 Å². The summed E-state index contributed by atoms with van der Waals surface area (Å²) >= 11 is 0. The molecule has 2 aromatic carbocycles. The van der Waals surface area contributed by atoms with E-state index < -0.39 is 6.10 Å². The maximum Gasteiger partial charge on any atom is 0.250 e. The van der Waals surface area contributed by atoms with Crippen LogP contribution in [0.25, 0.3) is 0 Å². The number of fused-ring (bicyclic) bond motifs is 3. The Hall–Kier alpha value is -2.94. The van der Waals surface area contributed by atoms with Crippen molar-refractivity contribution in [2.75, 3.05) is 25.6 Å². The molecule has 8 nitrogen and oxygen atoms in total. The van der Waals surface area contributed by atoms with E-state index >= 15 is 0 Å². The van der Waals surface area contributed by atoms with E-state index in [2.05, 4.69) is 10.6 Å². The Morgan fingerprint density at radius 3 is 2.70 bits per heavy atom. The molecule has 8 heteroatoms. The van der Waals surface area contributed by atoms with Crippen molar-refractivity contribution in [1.82, 2.24) is 5.32 Å². The predicted octanol–water partition coefficient (Wildman–Crippen LogP) is 2.53. The first-order valence-electron chi connectivity index (χ1n) is 11.2. The number of nitrogens with one attached hydrogen (secondary N) is 2. The van der Waals surface area contributed by atoms with Gasteiger partial charge in [-0.2, -0.15) is 0 Å². The fourth-order valence-corrected chi connectivity index (χ4v) is 4.63. The molecule has 0 aliphatic carbocycles. The van der Waals surface area contributed by atoms with Gasteiger partial charge in [-0.25, -0.2) is 0 Å². The Kier molecular flexibility index (Phi) is 7.27. The lowest BCUT2D eigenvalue weighted by atomic mass is 9.84. The second-order valence-corrected chi connectivity index (χ2v) is 8.54. The van der Waals surface area contributed by atoms with E-state index in [9.17, 15) is 14.7 Å². The number of methoxy groups -OCH3 is 1. The highest BCUT2D eigenvalue weighted by molar-refractivity contribution is 5.92. The van der Waals surface area contributed by atoms with Gasteiger partial charge < -0.3 is 30.0 Å². The molecule has 176 valence electrons. The molecule has 2 aromatic rings. The molecular weight excluding hydrogens is 424 g/mol. The summed E-state index contributed by atoms with van der Waals surface area (Å²) in [5, 5.41) is 15.8. The molecule has 2 aliphatic rings. The highest BCUT2D eigenvalue weighted by Crippen LogP contribution is 2.47. The summed E-state index contributed by atoms with van der Waals surface area (Å²) in [5.74, 6) is 0.315. The summed E-state index contributed by atoms with van der Waals surface area (Å²) < 4.78 is 17.0. The summed E-state index contributed by atoms with van der Waals surface area (Å²) in [6.45, 7) is 1.71. The predicted molar refractivity (Wildman–Crippen MR) is 122 cm³/mol. The minimum Gasteiger partial charge on any atom is -0.487 e. The van der Waals surface area contributed by atoms with Crippen molar-refractivity contribution in [2.24, 2.45) is 0 Å². The van der Waals surface area contributed by atoms with Crippen LogP contribution in [0.15, 0.2) is 48.5 Å². The van der Waals surface area contributed by atoms with E-state index in [-0.39, 0.29) is 55.6 Å². The lowest BCUT2D eigenvalue weighted by Gasteiger charge is -2.37. The molecule has 2 aliphatic heterocycles. The summed E-state index contributed by atoms with van der Waals surface area (Å²) in [4.78, 5) is 24.6. The van der Waals surface area contributed by atoms with Crippen LogP contribution in [0.3, 0.4) is 0 Å². The number of anilines is 1. The highest BCUT2D eigenvalue weighted by Gasteiger charge is 2.46. The largest absolute Gasteiger partial charge is 0.487 e. The van der Waals surface area contributed by atoms with Gasteiger partial charge in [0, 0.05) is 24.3 Å². The number of ether oxygens (including phenoxy) is 3. The van der Waals surface area contributed by atoms with E-state index in [0.717, 1.165) is 11.1 Å². The molecule has 0 bridgehead atoms. The number of carbonyl (C=O) groups excluding carboxylic acids is 2. The van der Waals surface area contributed by atoms with E-state index in [1.54, 1.807) is 6.07 Å². The zero-order chi connectivity index (χ0) is 23.4. The third kappa shape index (κ3) is 5.35. The van der Waals surface area contributed by atoms with Crippen LogP contribution in [0.5, 0.6) is 5.75 Å². The first-order chi connectivity index (χ1) is 16.0. The van der Waals surface area contributed by atoms with Crippen LogP contribution < -0.4 is 15.4 Å². The van der Waals surface area contributed by atoms with Crippen LogP contribution in [-0.4, -0.2) is 55.6 Å². The van der Waals surface area contributed by atoms with Crippen molar-refractivity contribution >= 4 is 17.5 Å². The summed E-state index contributed by atoms with van der Waals surface area (Å²) in [6, 6.07) is 15.1. The fraction of sp³-hybridized carbons (Fsp3) is 0.440. The van der Waals surface area contributed by atoms with Crippen molar-refractivity contribution in [3.63, 3.8) is 0 Å². The van der Waals surface area contributed by atoms with Crippen molar-refractivity contribution in [1.29, 1.82) is 0 Å². The van der Waals surface area contributed by atoms with Crippen molar-refractivity contribution in [2.45, 2.75) is 50.0 Å². The quantitative estimate of drug-likeness (QED) is 0.566. The van der Waals surface area contributed by atoms with Crippen LogP contribution >= 0.6 is 0 Å². The van der Waals surface area contributed by atoms with E-state index in [1.807, 2.05) is 49.4 Å². The average molecular weight is 455 g/mol. The van der Waals surface area contributed by atoms with E-state index in [1.165, 1.54) is 7.11 Å². The van der Waals surface area contributed by atoms with Crippen LogP contribution in [0.1, 0.15) is 42.9 Å². The zero-order valence-corrected chi connectivity index (χ0v) is 18.8. The maximum absolute atomic E-state index is 12.7. The maximum atomic E-state index is 12.7. The van der Waals surface area contributed by atoms with Crippen LogP contribution in [0.2, 0.25) is 0 Å². The smallest absolute Gasteiger partial charge is 0.250 e. The molecule has 0 aromatic heterocycles. The number of rotatable bonds is 8. The van der Waals surface area contributed by atoms with Gasteiger partial charge in [0.15, 0.2) is 0 Å². The number of benzene rings is 2. The number of amides is 2. The molecule has 5 atom stereocenters. The van der Waals surface area contributed by atoms with Gasteiger partial charge >= 0.3 is 0 Å². The number of aliphatic hydroxyl groups is 1. The van der Waals surface area contributed by atoms with Gasteiger partial charge in [-0.1, -0.05) is 30.3 Å². The monoisotopic (exact) mass is 454 g/mol. The summed E-state index contributed by atoms with van der Waals surface area (Å²) in [5.41, 5.74) is 2.63. The van der Waals surface area contributed by atoms with E-state index in [0.29, 0.717) is 17.9 Å². The first-order valence-corrected chi connectivity index (χ1v) is 11.2. The minimum absolute atomic E-state index is 0.0291. The third-order valence-corrected chi connectivity index (χ3v) is 6.15. The Balaban J connectivity index is 1.44. The van der Waals surface area contributed by atoms with Gasteiger partial charge in [0.05, 0.1) is 25.2 Å². The fourth-order valence-electron chi connectivity index (χ4n) is 4.63. The molecule has 3 N–H and O–H groups in total. The van der Waals surface area contributed by atoms with Crippen LogP contribution in [0, 0.1) is 0 Å². The molecule has 0 radical (unpaired) electrons. The Morgan fingerprint density at radius 2 is 1.97 bits per heavy atom.